The Hall–Kier alpha value is -4.62. The SMILES string of the molecule is O=C(O)[C@@H]1O[C@H](CO)[C@@H](O)[C@H]1O.O=C(O)c1ccccc1.O=C(O)c1ccccc1.O=C(O)c1ccccc1. The zero-order valence-corrected chi connectivity index (χ0v) is 20.3. The van der Waals surface area contributed by atoms with E-state index < -0.39 is 54.9 Å². The molecule has 1 aliphatic rings. The van der Waals surface area contributed by atoms with Crippen molar-refractivity contribution < 1.29 is 59.7 Å². The number of carboxylic acid groups (broad SMARTS) is 4. The molecule has 12 nitrogen and oxygen atoms in total. The molecule has 0 radical (unpaired) electrons. The standard InChI is InChI=1S/3C7H6O2.C6H10O6/c3*8-7(9)6-4-2-1-3-5-6;7-1-2-3(8)4(9)5(12-2)6(10)11/h3*1-5H,(H,8,9);2-5,7-9H,1H2,(H,10,11)/t;;;2-,3-,4-,5-/m...1/s1. The van der Waals surface area contributed by atoms with Crippen LogP contribution in [0.3, 0.4) is 0 Å². The number of aromatic carboxylic acids is 3. The van der Waals surface area contributed by atoms with Gasteiger partial charge in [-0.1, -0.05) is 54.6 Å². The number of ether oxygens (including phenoxy) is 1. The van der Waals surface area contributed by atoms with Crippen LogP contribution < -0.4 is 0 Å². The van der Waals surface area contributed by atoms with Crippen LogP contribution in [-0.2, 0) is 9.53 Å². The van der Waals surface area contributed by atoms with Gasteiger partial charge in [0.2, 0.25) is 0 Å². The summed E-state index contributed by atoms with van der Waals surface area (Å²) in [7, 11) is 0. The minimum atomic E-state index is -1.47. The van der Waals surface area contributed by atoms with E-state index in [1.54, 1.807) is 91.0 Å². The van der Waals surface area contributed by atoms with Crippen LogP contribution >= 0.6 is 0 Å². The number of aliphatic carboxylic acids is 1. The summed E-state index contributed by atoms with van der Waals surface area (Å²) in [5.74, 6) is -3.99. The van der Waals surface area contributed by atoms with Crippen LogP contribution in [0.4, 0.5) is 0 Å². The van der Waals surface area contributed by atoms with Crippen molar-refractivity contribution >= 4 is 23.9 Å². The van der Waals surface area contributed by atoms with E-state index in [4.69, 9.17) is 35.7 Å². The third kappa shape index (κ3) is 11.5. The second-order valence-electron chi connectivity index (χ2n) is 7.61. The molecule has 3 aromatic rings. The minimum Gasteiger partial charge on any atom is -0.479 e. The predicted octanol–water partition coefficient (Wildman–Crippen LogP) is 1.71. The summed E-state index contributed by atoms with van der Waals surface area (Å²) in [5.41, 5.74) is 0.993. The molecule has 1 heterocycles. The van der Waals surface area contributed by atoms with E-state index in [0.29, 0.717) is 16.7 Å². The first kappa shape index (κ1) is 32.4. The van der Waals surface area contributed by atoms with Gasteiger partial charge < -0.3 is 40.5 Å². The summed E-state index contributed by atoms with van der Waals surface area (Å²) in [6, 6.07) is 24.9. The molecule has 7 N–H and O–H groups in total. The highest BCUT2D eigenvalue weighted by Crippen LogP contribution is 2.20. The molecule has 1 saturated heterocycles. The molecule has 0 spiro atoms. The Balaban J connectivity index is 0.000000262. The molecule has 0 amide bonds. The second-order valence-corrected chi connectivity index (χ2v) is 7.61. The van der Waals surface area contributed by atoms with Gasteiger partial charge in [0, 0.05) is 0 Å². The number of rotatable bonds is 5. The zero-order chi connectivity index (χ0) is 29.4. The van der Waals surface area contributed by atoms with Gasteiger partial charge in [0.05, 0.1) is 23.3 Å². The number of aliphatic hydroxyl groups excluding tert-OH is 3. The van der Waals surface area contributed by atoms with E-state index in [9.17, 15) is 19.2 Å². The highest BCUT2D eigenvalue weighted by atomic mass is 16.6. The molecule has 1 aliphatic heterocycles. The maximum absolute atomic E-state index is 10.3. The highest BCUT2D eigenvalue weighted by molar-refractivity contribution is 5.88. The molecule has 39 heavy (non-hydrogen) atoms. The Morgan fingerprint density at radius 2 is 0.872 bits per heavy atom. The maximum Gasteiger partial charge on any atom is 0.335 e. The molecule has 4 atom stereocenters. The molecule has 4 rings (SSSR count). The average Bonchev–Trinajstić information content (AvgIpc) is 3.24. The van der Waals surface area contributed by atoms with Crippen LogP contribution in [0.1, 0.15) is 31.1 Å². The third-order valence-electron chi connectivity index (χ3n) is 4.85. The fourth-order valence-corrected chi connectivity index (χ4v) is 2.85. The van der Waals surface area contributed by atoms with Crippen LogP contribution in [0.5, 0.6) is 0 Å². The molecule has 1 fully saturated rings. The smallest absolute Gasteiger partial charge is 0.335 e. The number of aliphatic hydroxyl groups is 3. The second kappa shape index (κ2) is 17.0. The fraction of sp³-hybridized carbons (Fsp3) is 0.185. The van der Waals surface area contributed by atoms with Gasteiger partial charge >= 0.3 is 23.9 Å². The quantitative estimate of drug-likeness (QED) is 0.244. The molecule has 208 valence electrons. The van der Waals surface area contributed by atoms with Gasteiger partial charge in [0.15, 0.2) is 6.10 Å². The zero-order valence-electron chi connectivity index (χ0n) is 20.3. The normalized spacial score (nSPS) is 18.9. The van der Waals surface area contributed by atoms with Crippen LogP contribution in [-0.4, -0.2) is 90.6 Å². The number of hydrogen-bond donors (Lipinski definition) is 7. The Morgan fingerprint density at radius 3 is 1.03 bits per heavy atom. The van der Waals surface area contributed by atoms with Crippen molar-refractivity contribution in [1.29, 1.82) is 0 Å². The summed E-state index contributed by atoms with van der Waals surface area (Å²) in [6.07, 6.45) is -5.27. The summed E-state index contributed by atoms with van der Waals surface area (Å²) in [5, 5.41) is 60.3. The van der Waals surface area contributed by atoms with E-state index in [0.717, 1.165) is 0 Å². The topological polar surface area (TPSA) is 219 Å². The number of carbonyl (C=O) groups is 4. The van der Waals surface area contributed by atoms with Crippen molar-refractivity contribution in [3.63, 3.8) is 0 Å². The van der Waals surface area contributed by atoms with Gasteiger partial charge in [0.1, 0.15) is 18.3 Å². The van der Waals surface area contributed by atoms with Crippen LogP contribution in [0, 0.1) is 0 Å². The summed E-state index contributed by atoms with van der Waals surface area (Å²) in [4.78, 5) is 40.9. The van der Waals surface area contributed by atoms with Crippen molar-refractivity contribution in [3.8, 4) is 0 Å². The molecule has 0 unspecified atom stereocenters. The Bertz CT molecular complexity index is 1050. The Kier molecular flexibility index (Phi) is 14.1. The van der Waals surface area contributed by atoms with Crippen LogP contribution in [0.25, 0.3) is 0 Å². The molecule has 0 saturated carbocycles. The molecule has 3 aromatic carbocycles. The lowest BCUT2D eigenvalue weighted by atomic mass is 10.1. The van der Waals surface area contributed by atoms with Crippen LogP contribution in [0.2, 0.25) is 0 Å². The predicted molar refractivity (Wildman–Crippen MR) is 136 cm³/mol. The Labute approximate surface area is 222 Å². The van der Waals surface area contributed by atoms with Crippen molar-refractivity contribution in [2.75, 3.05) is 6.61 Å². The van der Waals surface area contributed by atoms with Gasteiger partial charge in [0.25, 0.3) is 0 Å². The van der Waals surface area contributed by atoms with Crippen LogP contribution in [0.15, 0.2) is 91.0 Å². The number of carboxylic acids is 4. The van der Waals surface area contributed by atoms with Gasteiger partial charge in [-0.25, -0.2) is 19.2 Å². The highest BCUT2D eigenvalue weighted by Gasteiger charge is 2.46. The number of benzene rings is 3. The van der Waals surface area contributed by atoms with Crippen molar-refractivity contribution in [2.45, 2.75) is 24.4 Å². The average molecular weight is 545 g/mol. The lowest BCUT2D eigenvalue weighted by Crippen LogP contribution is -2.36. The molecular weight excluding hydrogens is 516 g/mol. The van der Waals surface area contributed by atoms with Gasteiger partial charge in [-0.15, -0.1) is 0 Å². The van der Waals surface area contributed by atoms with E-state index in [2.05, 4.69) is 4.74 Å². The minimum absolute atomic E-state index is 0.331. The molecular formula is C27H28O12. The van der Waals surface area contributed by atoms with Crippen molar-refractivity contribution in [3.05, 3.63) is 108 Å². The first-order valence-corrected chi connectivity index (χ1v) is 11.2. The van der Waals surface area contributed by atoms with Gasteiger partial charge in [-0.05, 0) is 36.4 Å². The van der Waals surface area contributed by atoms with E-state index in [-0.39, 0.29) is 0 Å². The molecule has 0 bridgehead atoms. The monoisotopic (exact) mass is 544 g/mol. The van der Waals surface area contributed by atoms with E-state index in [1.165, 1.54) is 0 Å². The lowest BCUT2D eigenvalue weighted by molar-refractivity contribution is -0.153. The lowest BCUT2D eigenvalue weighted by Gasteiger charge is -2.10. The van der Waals surface area contributed by atoms with E-state index in [1.807, 2.05) is 0 Å². The maximum atomic E-state index is 10.3. The van der Waals surface area contributed by atoms with Crippen molar-refractivity contribution in [1.82, 2.24) is 0 Å². The Morgan fingerprint density at radius 1 is 0.564 bits per heavy atom. The van der Waals surface area contributed by atoms with E-state index >= 15 is 0 Å². The first-order chi connectivity index (χ1) is 18.5. The van der Waals surface area contributed by atoms with Gasteiger partial charge in [-0.3, -0.25) is 0 Å². The van der Waals surface area contributed by atoms with Crippen molar-refractivity contribution in [2.24, 2.45) is 0 Å². The summed E-state index contributed by atoms with van der Waals surface area (Å²) >= 11 is 0. The van der Waals surface area contributed by atoms with Gasteiger partial charge in [-0.2, -0.15) is 0 Å². The third-order valence-corrected chi connectivity index (χ3v) is 4.85. The number of hydrogen-bond acceptors (Lipinski definition) is 8. The fourth-order valence-electron chi connectivity index (χ4n) is 2.85. The largest absolute Gasteiger partial charge is 0.479 e. The summed E-state index contributed by atoms with van der Waals surface area (Å²) < 4.78 is 4.65. The molecule has 12 heteroatoms. The molecule has 0 aromatic heterocycles. The summed E-state index contributed by atoms with van der Waals surface area (Å²) in [6.45, 7) is -0.512. The molecule has 0 aliphatic carbocycles. The first-order valence-electron chi connectivity index (χ1n) is 11.2.